The Hall–Kier alpha value is -2.77. The van der Waals surface area contributed by atoms with Gasteiger partial charge in [0.1, 0.15) is 0 Å². The molecule has 0 aliphatic heterocycles. The Labute approximate surface area is 185 Å². The summed E-state index contributed by atoms with van der Waals surface area (Å²) < 4.78 is 5.58. The molecule has 2 rings (SSSR count). The van der Waals surface area contributed by atoms with Crippen LogP contribution in [0.3, 0.4) is 0 Å². The molecule has 0 saturated heterocycles. The van der Waals surface area contributed by atoms with E-state index in [-0.39, 0.29) is 11.8 Å². The molecular formula is C24H34N4O3. The Morgan fingerprint density at radius 1 is 0.903 bits per heavy atom. The molecule has 7 nitrogen and oxygen atoms in total. The summed E-state index contributed by atoms with van der Waals surface area (Å²) in [5.74, 6) is -0.354. The van der Waals surface area contributed by atoms with Gasteiger partial charge in [0, 0.05) is 44.3 Å². The lowest BCUT2D eigenvalue weighted by Gasteiger charge is -2.09. The van der Waals surface area contributed by atoms with Crippen molar-refractivity contribution in [2.75, 3.05) is 19.8 Å². The Morgan fingerprint density at radius 3 is 2.39 bits per heavy atom. The van der Waals surface area contributed by atoms with Crippen molar-refractivity contribution in [3.63, 3.8) is 0 Å². The number of ether oxygens (including phenoxy) is 1. The van der Waals surface area contributed by atoms with Crippen LogP contribution >= 0.6 is 0 Å². The van der Waals surface area contributed by atoms with Crippen molar-refractivity contribution in [2.45, 2.75) is 52.0 Å². The smallest absolute Gasteiger partial charge is 0.265 e. The number of hydrazine groups is 1. The maximum atomic E-state index is 12.2. The van der Waals surface area contributed by atoms with E-state index in [0.29, 0.717) is 17.7 Å². The van der Waals surface area contributed by atoms with Crippen molar-refractivity contribution >= 4 is 11.8 Å². The second-order valence-electron chi connectivity index (χ2n) is 7.38. The lowest BCUT2D eigenvalue weighted by atomic mass is 10.1. The number of pyridine rings is 1. The number of hydrogen-bond acceptors (Lipinski definition) is 5. The Morgan fingerprint density at radius 2 is 1.68 bits per heavy atom. The average Bonchev–Trinajstić information content (AvgIpc) is 2.81. The number of carbonyl (C=O) groups is 2. The van der Waals surface area contributed by atoms with Crippen LogP contribution in [0.2, 0.25) is 0 Å². The lowest BCUT2D eigenvalue weighted by molar-refractivity contribution is 0.0928. The Bertz CT molecular complexity index is 766. The predicted octanol–water partition coefficient (Wildman–Crippen LogP) is 3.62. The number of benzene rings is 1. The van der Waals surface area contributed by atoms with Gasteiger partial charge in [-0.05, 0) is 55.5 Å². The van der Waals surface area contributed by atoms with Crippen molar-refractivity contribution in [3.05, 3.63) is 65.5 Å². The number of nitrogens with zero attached hydrogens (tertiary/aromatic N) is 1. The van der Waals surface area contributed by atoms with Gasteiger partial charge < -0.3 is 10.1 Å². The molecule has 0 aliphatic rings. The van der Waals surface area contributed by atoms with Crippen LogP contribution in [-0.2, 0) is 11.3 Å². The van der Waals surface area contributed by atoms with Crippen LogP contribution < -0.4 is 16.2 Å². The molecule has 0 spiro atoms. The average molecular weight is 427 g/mol. The van der Waals surface area contributed by atoms with Crippen LogP contribution in [0, 0.1) is 0 Å². The molecule has 0 atom stereocenters. The molecule has 1 aromatic carbocycles. The van der Waals surface area contributed by atoms with E-state index in [1.165, 1.54) is 19.0 Å². The Kier molecular flexibility index (Phi) is 11.9. The molecule has 0 aliphatic carbocycles. The second kappa shape index (κ2) is 15.1. The Balaban J connectivity index is 1.56. The molecule has 0 saturated carbocycles. The molecule has 1 aromatic heterocycles. The molecule has 0 unspecified atom stereocenters. The van der Waals surface area contributed by atoms with Gasteiger partial charge in [-0.15, -0.1) is 0 Å². The fraction of sp³-hybridized carbons (Fsp3) is 0.458. The third-order valence-electron chi connectivity index (χ3n) is 4.78. The molecular weight excluding hydrogens is 392 g/mol. The van der Waals surface area contributed by atoms with Gasteiger partial charge in [0.15, 0.2) is 0 Å². The number of hydrogen-bond donors (Lipinski definition) is 3. The zero-order valence-corrected chi connectivity index (χ0v) is 18.4. The highest BCUT2D eigenvalue weighted by Gasteiger charge is 2.07. The van der Waals surface area contributed by atoms with E-state index in [4.69, 9.17) is 4.74 Å². The van der Waals surface area contributed by atoms with Crippen molar-refractivity contribution in [2.24, 2.45) is 0 Å². The van der Waals surface area contributed by atoms with E-state index in [0.717, 1.165) is 51.0 Å². The fourth-order valence-corrected chi connectivity index (χ4v) is 2.92. The van der Waals surface area contributed by atoms with Crippen molar-refractivity contribution < 1.29 is 14.3 Å². The quantitative estimate of drug-likeness (QED) is 0.299. The summed E-state index contributed by atoms with van der Waals surface area (Å²) >= 11 is 0. The largest absolute Gasteiger partial charge is 0.381 e. The SMILES string of the molecule is CCCCCOCCCCCNNC(=O)c1ccc(CNC(=O)c2cccnc2)cc1. The van der Waals surface area contributed by atoms with E-state index in [1.807, 2.05) is 12.1 Å². The van der Waals surface area contributed by atoms with Gasteiger partial charge in [0.05, 0.1) is 5.56 Å². The van der Waals surface area contributed by atoms with Gasteiger partial charge in [-0.2, -0.15) is 0 Å². The normalized spacial score (nSPS) is 10.6. The minimum absolute atomic E-state index is 0.176. The van der Waals surface area contributed by atoms with Gasteiger partial charge in [0.2, 0.25) is 0 Å². The summed E-state index contributed by atoms with van der Waals surface area (Å²) in [5.41, 5.74) is 7.69. The first kappa shape index (κ1) is 24.5. The number of aromatic nitrogens is 1. The van der Waals surface area contributed by atoms with Gasteiger partial charge >= 0.3 is 0 Å². The van der Waals surface area contributed by atoms with Crippen molar-refractivity contribution in [1.82, 2.24) is 21.2 Å². The van der Waals surface area contributed by atoms with Crippen LogP contribution in [-0.4, -0.2) is 36.6 Å². The zero-order valence-electron chi connectivity index (χ0n) is 18.4. The highest BCUT2D eigenvalue weighted by Crippen LogP contribution is 2.05. The fourth-order valence-electron chi connectivity index (χ4n) is 2.92. The number of amides is 2. The molecule has 31 heavy (non-hydrogen) atoms. The lowest BCUT2D eigenvalue weighted by Crippen LogP contribution is -2.37. The molecule has 0 fully saturated rings. The standard InChI is InChI=1S/C24H34N4O3/c1-2-3-6-16-31-17-7-4-5-15-27-28-24(30)21-12-10-20(11-13-21)18-26-23(29)22-9-8-14-25-19-22/h8-14,19,27H,2-7,15-18H2,1H3,(H,26,29)(H,28,30). The van der Waals surface area contributed by atoms with E-state index in [2.05, 4.69) is 28.1 Å². The topological polar surface area (TPSA) is 92.4 Å². The van der Waals surface area contributed by atoms with Crippen molar-refractivity contribution in [3.8, 4) is 0 Å². The first-order valence-corrected chi connectivity index (χ1v) is 11.1. The van der Waals surface area contributed by atoms with Gasteiger partial charge in [-0.1, -0.05) is 31.9 Å². The monoisotopic (exact) mass is 426 g/mol. The molecule has 3 N–H and O–H groups in total. The molecule has 2 aromatic rings. The summed E-state index contributed by atoms with van der Waals surface area (Å²) in [6.07, 6.45) is 9.83. The number of rotatable bonds is 15. The first-order chi connectivity index (χ1) is 15.2. The third kappa shape index (κ3) is 10.2. The molecule has 1 heterocycles. The maximum Gasteiger partial charge on any atom is 0.265 e. The summed E-state index contributed by atoms with van der Waals surface area (Å²) in [4.78, 5) is 28.2. The maximum absolute atomic E-state index is 12.2. The van der Waals surface area contributed by atoms with E-state index >= 15 is 0 Å². The molecule has 7 heteroatoms. The number of unbranched alkanes of at least 4 members (excludes halogenated alkanes) is 4. The zero-order chi connectivity index (χ0) is 22.2. The molecule has 2 amide bonds. The van der Waals surface area contributed by atoms with Crippen LogP contribution in [0.25, 0.3) is 0 Å². The highest BCUT2D eigenvalue weighted by molar-refractivity contribution is 5.94. The summed E-state index contributed by atoms with van der Waals surface area (Å²) in [6.45, 7) is 4.97. The first-order valence-electron chi connectivity index (χ1n) is 11.1. The van der Waals surface area contributed by atoms with Crippen molar-refractivity contribution in [1.29, 1.82) is 0 Å². The van der Waals surface area contributed by atoms with Gasteiger partial charge in [-0.25, -0.2) is 5.43 Å². The van der Waals surface area contributed by atoms with E-state index in [9.17, 15) is 9.59 Å². The van der Waals surface area contributed by atoms with E-state index in [1.54, 1.807) is 30.5 Å². The number of nitrogens with one attached hydrogen (secondary N) is 3. The summed E-state index contributed by atoms with van der Waals surface area (Å²) in [5, 5.41) is 2.84. The minimum Gasteiger partial charge on any atom is -0.381 e. The van der Waals surface area contributed by atoms with Gasteiger partial charge in [0.25, 0.3) is 11.8 Å². The number of carbonyl (C=O) groups excluding carboxylic acids is 2. The minimum atomic E-state index is -0.179. The predicted molar refractivity (Wildman–Crippen MR) is 122 cm³/mol. The summed E-state index contributed by atoms with van der Waals surface area (Å²) in [6, 6.07) is 10.6. The van der Waals surface area contributed by atoms with Crippen LogP contribution in [0.5, 0.6) is 0 Å². The van der Waals surface area contributed by atoms with Gasteiger partial charge in [-0.3, -0.25) is 20.0 Å². The van der Waals surface area contributed by atoms with E-state index < -0.39 is 0 Å². The van der Waals surface area contributed by atoms with Crippen LogP contribution in [0.15, 0.2) is 48.8 Å². The van der Waals surface area contributed by atoms with Crippen LogP contribution in [0.4, 0.5) is 0 Å². The highest BCUT2D eigenvalue weighted by atomic mass is 16.5. The second-order valence-corrected chi connectivity index (χ2v) is 7.38. The molecule has 0 radical (unpaired) electrons. The molecule has 168 valence electrons. The third-order valence-corrected chi connectivity index (χ3v) is 4.78. The van der Waals surface area contributed by atoms with Crippen LogP contribution in [0.1, 0.15) is 71.7 Å². The molecule has 0 bridgehead atoms. The summed E-state index contributed by atoms with van der Waals surface area (Å²) in [7, 11) is 0.